The maximum absolute atomic E-state index is 5.71. The molecule has 0 aliphatic rings. The number of aromatic nitrogens is 3. The molecule has 12 heavy (non-hydrogen) atoms. The van der Waals surface area contributed by atoms with Crippen molar-refractivity contribution in [1.29, 1.82) is 0 Å². The van der Waals surface area contributed by atoms with Crippen LogP contribution in [0.25, 0.3) is 11.0 Å². The standard InChI is InChI=1S/C7H7ClN3P/c1-4-5-2-3-11(12)6(5)10-7(8)9-4/h2-3H,12H2,1H3. The van der Waals surface area contributed by atoms with E-state index in [1.807, 2.05) is 23.5 Å². The monoisotopic (exact) mass is 199 g/mol. The Balaban J connectivity index is 2.92. The second-order valence-corrected chi connectivity index (χ2v) is 3.43. The van der Waals surface area contributed by atoms with Gasteiger partial charge in [-0.15, -0.1) is 0 Å². The predicted molar refractivity (Wildman–Crippen MR) is 52.4 cm³/mol. The third-order valence-corrected chi connectivity index (χ3v) is 2.32. The minimum Gasteiger partial charge on any atom is -0.317 e. The molecule has 0 amide bonds. The molecule has 1 unspecified atom stereocenters. The van der Waals surface area contributed by atoms with E-state index in [0.717, 1.165) is 16.7 Å². The van der Waals surface area contributed by atoms with Crippen LogP contribution in [0.15, 0.2) is 12.3 Å². The van der Waals surface area contributed by atoms with Crippen LogP contribution in [0.2, 0.25) is 5.28 Å². The lowest BCUT2D eigenvalue weighted by Gasteiger charge is -1.97. The fourth-order valence-corrected chi connectivity index (χ4v) is 1.64. The molecule has 0 aliphatic carbocycles. The minimum absolute atomic E-state index is 0.294. The molecule has 0 bridgehead atoms. The first-order valence-electron chi connectivity index (χ1n) is 3.45. The van der Waals surface area contributed by atoms with Crippen molar-refractivity contribution >= 4 is 32.0 Å². The highest BCUT2D eigenvalue weighted by molar-refractivity contribution is 7.14. The van der Waals surface area contributed by atoms with Crippen molar-refractivity contribution in [3.63, 3.8) is 0 Å². The third-order valence-electron chi connectivity index (χ3n) is 1.74. The number of aryl methyl sites for hydroxylation is 1. The zero-order valence-electron chi connectivity index (χ0n) is 6.45. The predicted octanol–water partition coefficient (Wildman–Crippen LogP) is 2.03. The Morgan fingerprint density at radius 2 is 2.25 bits per heavy atom. The summed E-state index contributed by atoms with van der Waals surface area (Å²) < 4.78 is 1.84. The second-order valence-electron chi connectivity index (χ2n) is 2.54. The summed E-state index contributed by atoms with van der Waals surface area (Å²) in [5.74, 6) is 0. The van der Waals surface area contributed by atoms with E-state index in [9.17, 15) is 0 Å². The van der Waals surface area contributed by atoms with E-state index in [4.69, 9.17) is 11.6 Å². The molecule has 0 fully saturated rings. The Labute approximate surface area is 77.0 Å². The highest BCUT2D eigenvalue weighted by Crippen LogP contribution is 2.19. The van der Waals surface area contributed by atoms with Crippen LogP contribution < -0.4 is 0 Å². The number of nitrogens with zero attached hydrogens (tertiary/aromatic N) is 3. The van der Waals surface area contributed by atoms with Crippen molar-refractivity contribution in [3.05, 3.63) is 23.2 Å². The van der Waals surface area contributed by atoms with Gasteiger partial charge in [-0.05, 0) is 34.0 Å². The fraction of sp³-hybridized carbons (Fsp3) is 0.143. The molecule has 0 saturated heterocycles. The lowest BCUT2D eigenvalue weighted by Crippen LogP contribution is -1.89. The number of rotatable bonds is 0. The Morgan fingerprint density at radius 3 is 3.00 bits per heavy atom. The Bertz CT molecular complexity index is 437. The van der Waals surface area contributed by atoms with Crippen LogP contribution in [0.4, 0.5) is 0 Å². The molecule has 1 atom stereocenters. The lowest BCUT2D eigenvalue weighted by molar-refractivity contribution is 1.13. The van der Waals surface area contributed by atoms with E-state index < -0.39 is 0 Å². The van der Waals surface area contributed by atoms with Gasteiger partial charge in [-0.3, -0.25) is 0 Å². The first-order valence-corrected chi connectivity index (χ1v) is 4.34. The van der Waals surface area contributed by atoms with E-state index in [-0.39, 0.29) is 0 Å². The van der Waals surface area contributed by atoms with Gasteiger partial charge in [-0.2, -0.15) is 4.98 Å². The summed E-state index contributed by atoms with van der Waals surface area (Å²) in [5, 5.41) is 1.33. The van der Waals surface area contributed by atoms with Crippen molar-refractivity contribution < 1.29 is 0 Å². The van der Waals surface area contributed by atoms with Crippen LogP contribution in [0.5, 0.6) is 0 Å². The highest BCUT2D eigenvalue weighted by Gasteiger charge is 2.04. The molecule has 2 heterocycles. The zero-order chi connectivity index (χ0) is 8.72. The molecule has 0 radical (unpaired) electrons. The molecule has 0 aliphatic heterocycles. The smallest absolute Gasteiger partial charge is 0.224 e. The van der Waals surface area contributed by atoms with Crippen LogP contribution in [0.3, 0.4) is 0 Å². The van der Waals surface area contributed by atoms with Crippen LogP contribution >= 0.6 is 21.0 Å². The van der Waals surface area contributed by atoms with E-state index in [0.29, 0.717) is 5.28 Å². The minimum atomic E-state index is 0.294. The summed E-state index contributed by atoms with van der Waals surface area (Å²) in [6.07, 6.45) is 1.91. The topological polar surface area (TPSA) is 30.7 Å². The molecule has 0 saturated carbocycles. The van der Waals surface area contributed by atoms with Gasteiger partial charge in [0.1, 0.15) is 5.65 Å². The molecule has 62 valence electrons. The van der Waals surface area contributed by atoms with Crippen molar-refractivity contribution in [2.75, 3.05) is 0 Å². The van der Waals surface area contributed by atoms with Crippen molar-refractivity contribution in [3.8, 4) is 0 Å². The molecule has 3 nitrogen and oxygen atoms in total. The van der Waals surface area contributed by atoms with Gasteiger partial charge in [-0.25, -0.2) is 4.98 Å². The molecule has 2 rings (SSSR count). The Hall–Kier alpha value is -0.660. The van der Waals surface area contributed by atoms with Crippen LogP contribution in [-0.2, 0) is 0 Å². The lowest BCUT2D eigenvalue weighted by atomic mass is 10.3. The van der Waals surface area contributed by atoms with Crippen LogP contribution in [-0.4, -0.2) is 14.3 Å². The average molecular weight is 200 g/mol. The highest BCUT2D eigenvalue weighted by atomic mass is 35.5. The normalized spacial score (nSPS) is 10.9. The average Bonchev–Trinajstić information content (AvgIpc) is 2.33. The number of fused-ring (bicyclic) bond motifs is 1. The van der Waals surface area contributed by atoms with E-state index in [2.05, 4.69) is 19.4 Å². The quantitative estimate of drug-likeness (QED) is 0.480. The molecule has 0 N–H and O–H groups in total. The molecule has 0 aromatic carbocycles. The van der Waals surface area contributed by atoms with Gasteiger partial charge >= 0.3 is 0 Å². The SMILES string of the molecule is Cc1nc(Cl)nc2c1ccn2P. The Morgan fingerprint density at radius 1 is 1.50 bits per heavy atom. The first-order chi connectivity index (χ1) is 5.68. The Kier molecular flexibility index (Phi) is 1.78. The molecule has 2 aromatic rings. The van der Waals surface area contributed by atoms with Gasteiger partial charge in [0.2, 0.25) is 5.28 Å². The van der Waals surface area contributed by atoms with Gasteiger partial charge in [0.05, 0.1) is 5.69 Å². The summed E-state index contributed by atoms with van der Waals surface area (Å²) in [7, 11) is 2.54. The maximum atomic E-state index is 5.71. The molecule has 5 heteroatoms. The molecular formula is C7H7ClN3P. The number of halogens is 1. The maximum Gasteiger partial charge on any atom is 0.224 e. The largest absolute Gasteiger partial charge is 0.317 e. The summed E-state index contributed by atoms with van der Waals surface area (Å²) in [6.45, 7) is 1.92. The second kappa shape index (κ2) is 2.68. The van der Waals surface area contributed by atoms with E-state index in [1.54, 1.807) is 0 Å². The third kappa shape index (κ3) is 1.10. The number of hydrogen-bond donors (Lipinski definition) is 0. The summed E-state index contributed by atoms with van der Waals surface area (Å²) in [4.78, 5) is 8.14. The van der Waals surface area contributed by atoms with Crippen LogP contribution in [0.1, 0.15) is 5.69 Å². The van der Waals surface area contributed by atoms with Gasteiger partial charge in [-0.1, -0.05) is 0 Å². The van der Waals surface area contributed by atoms with Gasteiger partial charge in [0, 0.05) is 11.6 Å². The van der Waals surface area contributed by atoms with Crippen molar-refractivity contribution in [1.82, 2.24) is 14.3 Å². The molecular weight excluding hydrogens is 193 g/mol. The van der Waals surface area contributed by atoms with Gasteiger partial charge < -0.3 is 4.34 Å². The zero-order valence-corrected chi connectivity index (χ0v) is 8.36. The first kappa shape index (κ1) is 7.96. The summed E-state index contributed by atoms with van der Waals surface area (Å²) in [6, 6.07) is 1.97. The summed E-state index contributed by atoms with van der Waals surface area (Å²) in [5.41, 5.74) is 1.75. The van der Waals surface area contributed by atoms with Crippen molar-refractivity contribution in [2.24, 2.45) is 0 Å². The van der Waals surface area contributed by atoms with E-state index in [1.165, 1.54) is 0 Å². The van der Waals surface area contributed by atoms with Crippen molar-refractivity contribution in [2.45, 2.75) is 6.92 Å². The van der Waals surface area contributed by atoms with E-state index >= 15 is 0 Å². The van der Waals surface area contributed by atoms with Crippen LogP contribution in [0, 0.1) is 6.92 Å². The van der Waals surface area contributed by atoms with Gasteiger partial charge in [0.25, 0.3) is 0 Å². The molecule has 0 spiro atoms. The molecule has 2 aromatic heterocycles. The fourth-order valence-electron chi connectivity index (χ4n) is 1.15. The summed E-state index contributed by atoms with van der Waals surface area (Å²) >= 11 is 5.71. The number of hydrogen-bond acceptors (Lipinski definition) is 2. The van der Waals surface area contributed by atoms with Gasteiger partial charge in [0.15, 0.2) is 0 Å².